The quantitative estimate of drug-likeness (QED) is 0.0456. The fraction of sp³-hybridized carbons (Fsp3) is 0.909. The van der Waals surface area contributed by atoms with Gasteiger partial charge in [-0.2, -0.15) is 0 Å². The standard InChI is InChI=1S/C66H104N2O24/c1-31-23-63-17-9-37-59(3,39(63)11-19-65(31,29-63)91-55-51(47(79)43(75)35(27-71)87-55)89-53-49(81)45(77)41(73)33(25-69)85-53)13-7-15-61(37,5)57(83)67-21-22-68-58(84)62(6)16-8-14-60(4)38(62)10-18-64-24-32(2)66(30-64,20-12-40(60)64)92-56-52(48(80)44(76)36(28-72)88-56)90-54-50(82)46(78)42(74)34(26-70)86-54/h33-56,69-82H,1-2,7-30H2,3-6H3,(H,67,83)(H,68,84)/t33-,34-,35-,36-,37+,38+,39+,40+,41-,42-,43-,44-,45+,46+,47+,48+,49-,50-,51-,52-,53+,54+,55+,56+,59-,60-,61-,62-,63-,64-,65+,66+/m1/s1. The molecule has 8 aliphatic carbocycles. The third kappa shape index (κ3) is 11.0. The Bertz CT molecular complexity index is 2550. The van der Waals surface area contributed by atoms with Gasteiger partial charge < -0.3 is 120 Å². The van der Waals surface area contributed by atoms with Gasteiger partial charge in [-0.15, -0.1) is 0 Å². The van der Waals surface area contributed by atoms with Gasteiger partial charge >= 0.3 is 0 Å². The summed E-state index contributed by atoms with van der Waals surface area (Å²) in [4.78, 5) is 29.6. The molecule has 2 spiro atoms. The van der Waals surface area contributed by atoms with Gasteiger partial charge in [-0.3, -0.25) is 9.59 Å². The van der Waals surface area contributed by atoms with Crippen molar-refractivity contribution in [1.29, 1.82) is 0 Å². The maximum absolute atomic E-state index is 14.8. The lowest BCUT2D eigenvalue weighted by atomic mass is 9.40. The summed E-state index contributed by atoms with van der Waals surface area (Å²) < 4.78 is 49.5. The Labute approximate surface area is 536 Å². The van der Waals surface area contributed by atoms with Crippen LogP contribution in [0.5, 0.6) is 0 Å². The van der Waals surface area contributed by atoms with E-state index in [0.29, 0.717) is 51.4 Å². The first-order valence-corrected chi connectivity index (χ1v) is 33.9. The molecule has 12 rings (SSSR count). The predicted octanol–water partition coefficient (Wildman–Crippen LogP) is -1.32. The summed E-state index contributed by atoms with van der Waals surface area (Å²) in [5, 5.41) is 155. The van der Waals surface area contributed by atoms with Gasteiger partial charge in [-0.1, -0.05) is 53.7 Å². The number of aliphatic hydroxyl groups is 14. The van der Waals surface area contributed by atoms with Crippen molar-refractivity contribution in [3.8, 4) is 0 Å². The van der Waals surface area contributed by atoms with Crippen LogP contribution in [0.25, 0.3) is 0 Å². The fourth-order valence-electron chi connectivity index (χ4n) is 22.0. The Morgan fingerprint density at radius 3 is 1.11 bits per heavy atom. The first-order valence-electron chi connectivity index (χ1n) is 33.9. The molecule has 0 aromatic carbocycles. The molecule has 16 N–H and O–H groups in total. The van der Waals surface area contributed by atoms with Crippen molar-refractivity contribution in [1.82, 2.24) is 10.6 Å². The molecule has 522 valence electrons. The van der Waals surface area contributed by atoms with Gasteiger partial charge in [0.2, 0.25) is 11.8 Å². The minimum Gasteiger partial charge on any atom is -0.394 e. The van der Waals surface area contributed by atoms with Crippen molar-refractivity contribution in [2.24, 2.45) is 56.2 Å². The molecule has 2 amide bonds. The molecule has 0 aromatic rings. The summed E-state index contributed by atoms with van der Waals surface area (Å²) in [6.07, 6.45) is -18.5. The second-order valence-corrected chi connectivity index (χ2v) is 31.3. The molecule has 26 nitrogen and oxygen atoms in total. The average Bonchev–Trinajstić information content (AvgIpc) is 1.43. The number of amides is 2. The highest BCUT2D eigenvalue weighted by Gasteiger charge is 2.71. The van der Waals surface area contributed by atoms with E-state index in [1.807, 2.05) is 0 Å². The molecule has 0 unspecified atom stereocenters. The maximum atomic E-state index is 14.8. The van der Waals surface area contributed by atoms with E-state index in [2.05, 4.69) is 51.5 Å². The minimum atomic E-state index is -1.81. The van der Waals surface area contributed by atoms with E-state index in [4.69, 9.17) is 37.9 Å². The van der Waals surface area contributed by atoms with Gasteiger partial charge in [0.1, 0.15) is 97.7 Å². The summed E-state index contributed by atoms with van der Waals surface area (Å²) in [6, 6.07) is 0. The second-order valence-electron chi connectivity index (χ2n) is 31.3. The third-order valence-electron chi connectivity index (χ3n) is 26.6. The van der Waals surface area contributed by atoms with Crippen LogP contribution >= 0.6 is 0 Å². The number of hydrogen-bond donors (Lipinski definition) is 16. The lowest BCUT2D eigenvalue weighted by molar-refractivity contribution is -0.378. The summed E-state index contributed by atoms with van der Waals surface area (Å²) in [6.45, 7) is 15.8. The highest BCUT2D eigenvalue weighted by molar-refractivity contribution is 5.84. The van der Waals surface area contributed by atoms with E-state index in [9.17, 15) is 81.1 Å². The first-order chi connectivity index (χ1) is 43.5. The summed E-state index contributed by atoms with van der Waals surface area (Å²) in [5.74, 6) is 0.441. The van der Waals surface area contributed by atoms with Gasteiger partial charge in [0.05, 0.1) is 37.6 Å². The number of aliphatic hydroxyl groups excluding tert-OH is 14. The van der Waals surface area contributed by atoms with E-state index < -0.39 is 171 Å². The highest BCUT2D eigenvalue weighted by atomic mass is 16.8. The maximum Gasteiger partial charge on any atom is 0.226 e. The normalized spacial score (nSPS) is 53.9. The van der Waals surface area contributed by atoms with Crippen LogP contribution in [0, 0.1) is 56.2 Å². The van der Waals surface area contributed by atoms with Crippen LogP contribution in [-0.2, 0) is 47.5 Å². The molecule has 92 heavy (non-hydrogen) atoms. The monoisotopic (exact) mass is 1310 g/mol. The Kier molecular flexibility index (Phi) is 19.1. The molecule has 0 aromatic heterocycles. The Morgan fingerprint density at radius 1 is 0.435 bits per heavy atom. The number of rotatable bonds is 17. The third-order valence-corrected chi connectivity index (χ3v) is 26.6. The molecule has 12 aliphatic rings. The van der Waals surface area contributed by atoms with Gasteiger partial charge in [0.25, 0.3) is 0 Å². The molecule has 32 atom stereocenters. The van der Waals surface area contributed by atoms with Crippen LogP contribution in [0.1, 0.15) is 143 Å². The van der Waals surface area contributed by atoms with Crippen molar-refractivity contribution in [2.45, 2.75) is 277 Å². The van der Waals surface area contributed by atoms with E-state index in [1.165, 1.54) is 0 Å². The molecule has 12 fully saturated rings. The number of ether oxygens (including phenoxy) is 8. The number of fused-ring (bicyclic) bond motifs is 6. The molecule has 4 heterocycles. The number of hydrogen-bond acceptors (Lipinski definition) is 24. The topological polar surface area (TPSA) is 415 Å². The van der Waals surface area contributed by atoms with Gasteiger partial charge in [0, 0.05) is 23.9 Å². The van der Waals surface area contributed by atoms with Gasteiger partial charge in [0.15, 0.2) is 25.2 Å². The number of nitrogens with one attached hydrogen (secondary N) is 2. The SMILES string of the molecule is C=C1C[C@@]23CC[C@H]4[C@@](C)(CCC[C@@]4(C)C(=O)NCCNC(=O)[C@]4(C)CCC[C@@]5(C)[C@@H]6CC[C@]7(O[C@@H]8O[C@H](CO)[C@@H](O)[C@H](O)[C@H]8O[C@@H]8O[C@H](CO)[C@@H](O)[C@H](O)[C@H]8O)C[C@@]6(CC[C@@H]54)CC7=C)[C@@H]2CC[C@]1(O[C@@H]1O[C@H](CO)[C@@H](O)[C@H](O)[C@H]1O[C@@H]1O[C@H](CO)[C@@H](O)[C@H](O)[C@H]1O)C3. The van der Waals surface area contributed by atoms with E-state index >= 15 is 0 Å². The van der Waals surface area contributed by atoms with Crippen molar-refractivity contribution >= 4 is 11.8 Å². The molecule has 4 saturated heterocycles. The number of carbonyl (C=O) groups is 2. The van der Waals surface area contributed by atoms with Crippen LogP contribution in [0.3, 0.4) is 0 Å². The molecule has 4 bridgehead atoms. The summed E-state index contributed by atoms with van der Waals surface area (Å²) >= 11 is 0. The highest BCUT2D eigenvalue weighted by Crippen LogP contribution is 2.76. The minimum absolute atomic E-state index is 0.0274. The zero-order valence-corrected chi connectivity index (χ0v) is 53.6. The second kappa shape index (κ2) is 25.4. The molecular weight excluding hydrogens is 1200 g/mol. The van der Waals surface area contributed by atoms with Crippen molar-refractivity contribution in [3.05, 3.63) is 24.3 Å². The fourth-order valence-corrected chi connectivity index (χ4v) is 22.0. The molecule has 0 radical (unpaired) electrons. The van der Waals surface area contributed by atoms with Crippen LogP contribution in [-0.4, -0.2) is 257 Å². The zero-order valence-electron chi connectivity index (χ0n) is 53.6. The van der Waals surface area contributed by atoms with Gasteiger partial charge in [-0.25, -0.2) is 0 Å². The smallest absolute Gasteiger partial charge is 0.226 e. The summed E-state index contributed by atoms with van der Waals surface area (Å²) in [7, 11) is 0. The molecule has 8 saturated carbocycles. The van der Waals surface area contributed by atoms with Crippen LogP contribution in [0.4, 0.5) is 0 Å². The Balaban J connectivity index is 0.671. The predicted molar refractivity (Wildman–Crippen MR) is 319 cm³/mol. The lowest BCUT2D eigenvalue weighted by Gasteiger charge is -2.64. The Morgan fingerprint density at radius 2 is 0.761 bits per heavy atom. The Hall–Kier alpha value is -2.46. The van der Waals surface area contributed by atoms with Crippen molar-refractivity contribution in [2.75, 3.05) is 39.5 Å². The van der Waals surface area contributed by atoms with Crippen LogP contribution in [0.2, 0.25) is 0 Å². The van der Waals surface area contributed by atoms with Gasteiger partial charge in [-0.05, 0) is 159 Å². The number of carbonyl (C=O) groups excluding carboxylic acids is 2. The van der Waals surface area contributed by atoms with E-state index in [1.54, 1.807) is 0 Å². The average molecular weight is 1310 g/mol. The van der Waals surface area contributed by atoms with Crippen molar-refractivity contribution < 1.29 is 119 Å². The lowest BCUT2D eigenvalue weighted by Crippen LogP contribution is -2.65. The zero-order chi connectivity index (χ0) is 66.2. The summed E-state index contributed by atoms with van der Waals surface area (Å²) in [5.41, 5.74) is -2.61. The van der Waals surface area contributed by atoms with Crippen LogP contribution in [0.15, 0.2) is 24.3 Å². The van der Waals surface area contributed by atoms with Crippen molar-refractivity contribution in [3.63, 3.8) is 0 Å². The first kappa shape index (κ1) is 69.4. The molecule has 26 heteroatoms. The molecular formula is C66H104N2O24. The van der Waals surface area contributed by atoms with E-state index in [0.717, 1.165) is 75.4 Å². The molecule has 4 aliphatic heterocycles. The van der Waals surface area contributed by atoms with Crippen LogP contribution < -0.4 is 10.6 Å². The van der Waals surface area contributed by atoms with E-state index in [-0.39, 0.29) is 70.2 Å². The largest absolute Gasteiger partial charge is 0.394 e.